The van der Waals surface area contributed by atoms with Crippen molar-refractivity contribution in [1.29, 1.82) is 0 Å². The Labute approximate surface area is 237 Å². The lowest BCUT2D eigenvalue weighted by Gasteiger charge is -2.35. The van der Waals surface area contributed by atoms with Crippen molar-refractivity contribution in [3.63, 3.8) is 0 Å². The minimum Gasteiger partial charge on any atom is -0.392 e. The fraction of sp³-hybridized carbons (Fsp3) is 0.515. The molecule has 0 radical (unpaired) electrons. The molecule has 2 N–H and O–H groups in total. The molecule has 0 saturated carbocycles. The lowest BCUT2D eigenvalue weighted by molar-refractivity contribution is 0.175. The second-order valence-electron chi connectivity index (χ2n) is 12.2. The lowest BCUT2D eigenvalue weighted by atomic mass is 9.87. The maximum Gasteiger partial charge on any atom is 0.158 e. The zero-order chi connectivity index (χ0) is 28.0. The van der Waals surface area contributed by atoms with E-state index in [-0.39, 0.29) is 6.10 Å². The maximum absolute atomic E-state index is 9.81. The number of aromatic amines is 1. The number of rotatable bonds is 8. The monoisotopic (exact) mass is 540 g/mol. The minimum absolute atomic E-state index is 0.149. The molecule has 0 bridgehead atoms. The number of β-amino-alcohol motifs (C(OH)–C–C–N with tert-alkyl or cyclic N) is 1. The van der Waals surface area contributed by atoms with E-state index in [9.17, 15) is 5.11 Å². The summed E-state index contributed by atoms with van der Waals surface area (Å²) >= 11 is 0. The quantitative estimate of drug-likeness (QED) is 0.286. The van der Waals surface area contributed by atoms with Crippen LogP contribution in [0.4, 0.5) is 0 Å². The van der Waals surface area contributed by atoms with Crippen molar-refractivity contribution in [1.82, 2.24) is 29.4 Å². The highest BCUT2D eigenvalue weighted by Gasteiger charge is 2.25. The van der Waals surface area contributed by atoms with Gasteiger partial charge < -0.3 is 19.9 Å². The summed E-state index contributed by atoms with van der Waals surface area (Å²) in [5, 5.41) is 15.6. The number of nitrogens with one attached hydrogen (secondary N) is 1. The van der Waals surface area contributed by atoms with Gasteiger partial charge in [0.1, 0.15) is 6.33 Å². The number of piperidine rings is 1. The van der Waals surface area contributed by atoms with Crippen LogP contribution in [0.25, 0.3) is 27.8 Å². The van der Waals surface area contributed by atoms with Crippen molar-refractivity contribution in [2.24, 2.45) is 0 Å². The van der Waals surface area contributed by atoms with E-state index in [1.165, 1.54) is 50.1 Å². The Hall–Kier alpha value is -3.16. The molecule has 7 heteroatoms. The number of nitrogens with zero attached hydrogens (tertiary/aromatic N) is 5. The first kappa shape index (κ1) is 27.0. The third kappa shape index (κ3) is 4.94. The molecule has 5 heterocycles. The van der Waals surface area contributed by atoms with Gasteiger partial charge in [-0.15, -0.1) is 0 Å². The van der Waals surface area contributed by atoms with Crippen molar-refractivity contribution in [3.8, 4) is 11.3 Å². The number of hydrogen-bond donors (Lipinski definition) is 2. The van der Waals surface area contributed by atoms with Crippen molar-refractivity contribution in [2.75, 3.05) is 32.7 Å². The summed E-state index contributed by atoms with van der Waals surface area (Å²) in [7, 11) is 0. The fourth-order valence-electron chi connectivity index (χ4n) is 7.11. The average Bonchev–Trinajstić information content (AvgIpc) is 3.69. The van der Waals surface area contributed by atoms with Crippen LogP contribution in [0.5, 0.6) is 0 Å². The molecule has 1 unspecified atom stereocenters. The van der Waals surface area contributed by atoms with Gasteiger partial charge in [-0.3, -0.25) is 0 Å². The topological polar surface area (TPSA) is 72.7 Å². The van der Waals surface area contributed by atoms with Crippen LogP contribution in [-0.4, -0.2) is 73.3 Å². The van der Waals surface area contributed by atoms with Crippen LogP contribution >= 0.6 is 0 Å². The minimum atomic E-state index is -0.149. The molecule has 6 rings (SSSR count). The Morgan fingerprint density at radius 3 is 2.67 bits per heavy atom. The Morgan fingerprint density at radius 1 is 1.18 bits per heavy atom. The van der Waals surface area contributed by atoms with E-state index < -0.39 is 0 Å². The van der Waals surface area contributed by atoms with E-state index in [0.29, 0.717) is 11.8 Å². The molecule has 0 aliphatic carbocycles. The highest BCUT2D eigenvalue weighted by molar-refractivity contribution is 5.92. The Balaban J connectivity index is 1.23. The summed E-state index contributed by atoms with van der Waals surface area (Å²) in [6, 6.07) is 7.10. The molecule has 1 aromatic carbocycles. The number of hydrogen-bond acceptors (Lipinski definition) is 5. The average molecular weight is 541 g/mol. The van der Waals surface area contributed by atoms with Crippen LogP contribution in [0.1, 0.15) is 80.5 Å². The molecule has 3 aromatic heterocycles. The first-order valence-corrected chi connectivity index (χ1v) is 15.1. The smallest absolute Gasteiger partial charge is 0.158 e. The molecule has 2 saturated heterocycles. The van der Waals surface area contributed by atoms with E-state index >= 15 is 0 Å². The number of H-pyrrole nitrogens is 1. The molecule has 2 fully saturated rings. The van der Waals surface area contributed by atoms with Gasteiger partial charge in [0.05, 0.1) is 11.8 Å². The molecule has 212 valence electrons. The molecular formula is C33H44N6O. The summed E-state index contributed by atoms with van der Waals surface area (Å²) in [5.74, 6) is 0.956. The standard InChI is InChI=1S/C33H44N6O/c1-6-27-23(5)33-34-20-35-39(33)19-29(27)32-31(21(2)3)28-17-25(7-8-30(28)36-32)24-10-15-38(16-11-24)22(4)9-13-37-14-12-26(40)18-37/h7-8,17,19-21,24,26,36,40H,4,6,9-16,18H2,1-3,5H3. The summed E-state index contributed by atoms with van der Waals surface area (Å²) in [4.78, 5) is 13.2. The van der Waals surface area contributed by atoms with Gasteiger partial charge in [-0.25, -0.2) is 9.50 Å². The van der Waals surface area contributed by atoms with Gasteiger partial charge in [0.15, 0.2) is 5.65 Å². The molecule has 0 amide bonds. The number of aryl methyl sites for hydroxylation is 1. The molecule has 40 heavy (non-hydrogen) atoms. The van der Waals surface area contributed by atoms with Crippen LogP contribution in [0.3, 0.4) is 0 Å². The third-order valence-corrected chi connectivity index (χ3v) is 9.38. The molecule has 4 aromatic rings. The molecule has 7 nitrogen and oxygen atoms in total. The third-order valence-electron chi connectivity index (χ3n) is 9.38. The predicted octanol–water partition coefficient (Wildman–Crippen LogP) is 6.02. The zero-order valence-corrected chi connectivity index (χ0v) is 24.6. The van der Waals surface area contributed by atoms with Crippen molar-refractivity contribution >= 4 is 16.6 Å². The van der Waals surface area contributed by atoms with Crippen molar-refractivity contribution in [3.05, 3.63) is 65.3 Å². The van der Waals surface area contributed by atoms with Gasteiger partial charge in [-0.1, -0.05) is 33.4 Å². The molecule has 2 aliphatic rings. The summed E-state index contributed by atoms with van der Waals surface area (Å²) < 4.78 is 1.92. The number of pyridine rings is 1. The Kier molecular flexibility index (Phi) is 7.44. The molecule has 2 aliphatic heterocycles. The second kappa shape index (κ2) is 11.0. The van der Waals surface area contributed by atoms with Crippen LogP contribution in [0.2, 0.25) is 0 Å². The lowest BCUT2D eigenvalue weighted by Crippen LogP contribution is -2.33. The van der Waals surface area contributed by atoms with Crippen LogP contribution in [0.15, 0.2) is 43.0 Å². The number of aliphatic hydroxyl groups excluding tert-OH is 1. The van der Waals surface area contributed by atoms with Crippen LogP contribution in [0, 0.1) is 6.92 Å². The number of likely N-dealkylation sites (tertiary alicyclic amines) is 2. The maximum atomic E-state index is 9.81. The van der Waals surface area contributed by atoms with Gasteiger partial charge in [0, 0.05) is 61.1 Å². The number of benzene rings is 1. The highest BCUT2D eigenvalue weighted by atomic mass is 16.3. The normalized spacial score (nSPS) is 19.1. The fourth-order valence-corrected chi connectivity index (χ4v) is 7.11. The molecule has 1 atom stereocenters. The number of aliphatic hydroxyl groups is 1. The number of fused-ring (bicyclic) bond motifs is 2. The highest BCUT2D eigenvalue weighted by Crippen LogP contribution is 2.40. The summed E-state index contributed by atoms with van der Waals surface area (Å²) in [5.41, 5.74) is 11.2. The Morgan fingerprint density at radius 2 is 1.98 bits per heavy atom. The van der Waals surface area contributed by atoms with E-state index in [4.69, 9.17) is 0 Å². The number of aromatic nitrogens is 4. The first-order valence-electron chi connectivity index (χ1n) is 15.1. The van der Waals surface area contributed by atoms with Crippen LogP contribution < -0.4 is 0 Å². The van der Waals surface area contributed by atoms with Gasteiger partial charge >= 0.3 is 0 Å². The van der Waals surface area contributed by atoms with Crippen molar-refractivity contribution in [2.45, 2.75) is 77.7 Å². The summed E-state index contributed by atoms with van der Waals surface area (Å²) in [6.07, 6.45) is 8.81. The van der Waals surface area contributed by atoms with Gasteiger partial charge in [-0.05, 0) is 85.3 Å². The zero-order valence-electron chi connectivity index (χ0n) is 24.6. The van der Waals surface area contributed by atoms with Gasteiger partial charge in [0.25, 0.3) is 0 Å². The van der Waals surface area contributed by atoms with Crippen molar-refractivity contribution < 1.29 is 5.11 Å². The largest absolute Gasteiger partial charge is 0.392 e. The van der Waals surface area contributed by atoms with Crippen LogP contribution in [-0.2, 0) is 6.42 Å². The second-order valence-corrected chi connectivity index (χ2v) is 12.2. The van der Waals surface area contributed by atoms with Gasteiger partial charge in [0.2, 0.25) is 0 Å². The van der Waals surface area contributed by atoms with Gasteiger partial charge in [-0.2, -0.15) is 5.10 Å². The Bertz CT molecular complexity index is 1520. The van der Waals surface area contributed by atoms with E-state index in [1.54, 1.807) is 6.33 Å². The van der Waals surface area contributed by atoms with E-state index in [2.05, 4.69) is 83.5 Å². The SMILES string of the molecule is C=C(CCN1CCC(O)C1)N1CCC(c2ccc3[nH]c(-c4cn5ncnc5c(C)c4CC)c(C(C)C)c3c2)CC1. The molecule has 0 spiro atoms. The first-order chi connectivity index (χ1) is 19.3. The predicted molar refractivity (Wildman–Crippen MR) is 163 cm³/mol. The summed E-state index contributed by atoms with van der Waals surface area (Å²) in [6.45, 7) is 18.4. The molecular weight excluding hydrogens is 496 g/mol. The van der Waals surface area contributed by atoms with E-state index in [0.717, 1.165) is 70.5 Å². The van der Waals surface area contributed by atoms with E-state index in [1.807, 2.05) is 4.52 Å².